The molecule has 180 valence electrons. The predicted molar refractivity (Wildman–Crippen MR) is 118 cm³/mol. The van der Waals surface area contributed by atoms with Gasteiger partial charge in [0.05, 0.1) is 39.5 Å². The smallest absolute Gasteiger partial charge is 0.410 e. The van der Waals surface area contributed by atoms with Gasteiger partial charge in [-0.3, -0.25) is 9.59 Å². The zero-order valence-corrected chi connectivity index (χ0v) is 18.8. The summed E-state index contributed by atoms with van der Waals surface area (Å²) in [7, 11) is 0. The fourth-order valence-corrected chi connectivity index (χ4v) is 2.55. The van der Waals surface area contributed by atoms with E-state index in [1.807, 2.05) is 30.3 Å². The SMILES string of the molecule is CCOC(=O)CCOCCOCCC(=O)NCCN(CCN)C(=O)OCc1ccccc1. The summed E-state index contributed by atoms with van der Waals surface area (Å²) < 4.78 is 20.7. The lowest BCUT2D eigenvalue weighted by atomic mass is 10.2. The molecule has 0 aliphatic rings. The minimum Gasteiger partial charge on any atom is -0.466 e. The maximum absolute atomic E-state index is 12.2. The molecule has 1 rings (SSSR count). The largest absolute Gasteiger partial charge is 0.466 e. The molecular formula is C22H35N3O7. The van der Waals surface area contributed by atoms with Crippen LogP contribution in [0.2, 0.25) is 0 Å². The molecule has 32 heavy (non-hydrogen) atoms. The summed E-state index contributed by atoms with van der Waals surface area (Å²) in [5.41, 5.74) is 6.47. The number of ether oxygens (including phenoxy) is 4. The Morgan fingerprint density at radius 2 is 1.62 bits per heavy atom. The second kappa shape index (κ2) is 17.9. The second-order valence-corrected chi connectivity index (χ2v) is 6.70. The number of nitrogens with two attached hydrogens (primary N) is 1. The molecule has 10 nitrogen and oxygen atoms in total. The van der Waals surface area contributed by atoms with Crippen LogP contribution in [0.15, 0.2) is 30.3 Å². The van der Waals surface area contributed by atoms with Crippen LogP contribution in [0.1, 0.15) is 25.3 Å². The van der Waals surface area contributed by atoms with Gasteiger partial charge in [-0.1, -0.05) is 30.3 Å². The van der Waals surface area contributed by atoms with E-state index in [9.17, 15) is 14.4 Å². The molecule has 0 aliphatic carbocycles. The van der Waals surface area contributed by atoms with E-state index in [-0.39, 0.29) is 51.1 Å². The van der Waals surface area contributed by atoms with Crippen LogP contribution in [-0.2, 0) is 35.1 Å². The van der Waals surface area contributed by atoms with Crippen molar-refractivity contribution < 1.29 is 33.3 Å². The van der Waals surface area contributed by atoms with Gasteiger partial charge in [-0.05, 0) is 12.5 Å². The Balaban J connectivity index is 2.09. The Morgan fingerprint density at radius 3 is 2.28 bits per heavy atom. The van der Waals surface area contributed by atoms with Crippen LogP contribution >= 0.6 is 0 Å². The molecule has 0 aliphatic heterocycles. The quantitative estimate of drug-likeness (QED) is 0.265. The standard InChI is InChI=1S/C22H35N3O7/c1-2-31-21(27)9-15-30-17-16-29-14-8-20(26)24-11-13-25(12-10-23)22(28)32-18-19-6-4-3-5-7-19/h3-7H,2,8-18,23H2,1H3,(H,24,26). The van der Waals surface area contributed by atoms with E-state index in [1.165, 1.54) is 4.90 Å². The number of hydrogen-bond donors (Lipinski definition) is 2. The van der Waals surface area contributed by atoms with Gasteiger partial charge in [0.1, 0.15) is 6.61 Å². The zero-order valence-electron chi connectivity index (χ0n) is 18.8. The molecule has 0 aromatic heterocycles. The second-order valence-electron chi connectivity index (χ2n) is 6.70. The lowest BCUT2D eigenvalue weighted by Gasteiger charge is -2.21. The third-order valence-corrected chi connectivity index (χ3v) is 4.17. The molecule has 0 saturated carbocycles. The van der Waals surface area contributed by atoms with Crippen molar-refractivity contribution >= 4 is 18.0 Å². The number of amides is 2. The van der Waals surface area contributed by atoms with Crippen molar-refractivity contribution in [2.75, 3.05) is 59.2 Å². The molecule has 3 N–H and O–H groups in total. The lowest BCUT2D eigenvalue weighted by molar-refractivity contribution is -0.144. The average Bonchev–Trinajstić information content (AvgIpc) is 2.79. The van der Waals surface area contributed by atoms with Crippen molar-refractivity contribution in [2.45, 2.75) is 26.4 Å². The first-order valence-electron chi connectivity index (χ1n) is 10.8. The van der Waals surface area contributed by atoms with Gasteiger partial charge in [-0.15, -0.1) is 0 Å². The number of esters is 1. The van der Waals surface area contributed by atoms with Gasteiger partial charge >= 0.3 is 12.1 Å². The number of hydrogen-bond acceptors (Lipinski definition) is 8. The highest BCUT2D eigenvalue weighted by Crippen LogP contribution is 2.03. The first-order valence-corrected chi connectivity index (χ1v) is 10.8. The number of rotatable bonds is 17. The fraction of sp³-hybridized carbons (Fsp3) is 0.591. The van der Waals surface area contributed by atoms with Gasteiger partial charge in [0.2, 0.25) is 5.91 Å². The van der Waals surface area contributed by atoms with Gasteiger partial charge in [0, 0.05) is 32.6 Å². The van der Waals surface area contributed by atoms with E-state index < -0.39 is 6.09 Å². The van der Waals surface area contributed by atoms with Crippen molar-refractivity contribution in [2.24, 2.45) is 5.73 Å². The maximum Gasteiger partial charge on any atom is 0.410 e. The Bertz CT molecular complexity index is 658. The number of benzene rings is 1. The molecule has 0 saturated heterocycles. The van der Waals surface area contributed by atoms with Crippen LogP contribution in [0.4, 0.5) is 4.79 Å². The van der Waals surface area contributed by atoms with E-state index in [4.69, 9.17) is 24.7 Å². The molecule has 2 amide bonds. The average molecular weight is 454 g/mol. The number of nitrogens with zero attached hydrogens (tertiary/aromatic N) is 1. The van der Waals surface area contributed by atoms with Gasteiger partial charge < -0.3 is 34.9 Å². The normalized spacial score (nSPS) is 10.4. The Labute approximate surface area is 189 Å². The Morgan fingerprint density at radius 1 is 0.938 bits per heavy atom. The molecule has 0 heterocycles. The monoisotopic (exact) mass is 453 g/mol. The Hall–Kier alpha value is -2.69. The van der Waals surface area contributed by atoms with Crippen LogP contribution < -0.4 is 11.1 Å². The summed E-state index contributed by atoms with van der Waals surface area (Å²) in [6, 6.07) is 9.39. The predicted octanol–water partition coefficient (Wildman–Crippen LogP) is 1.08. The highest BCUT2D eigenvalue weighted by atomic mass is 16.6. The van der Waals surface area contributed by atoms with Crippen LogP contribution in [-0.4, -0.2) is 82.1 Å². The van der Waals surface area contributed by atoms with Crippen molar-refractivity contribution in [3.8, 4) is 0 Å². The minimum atomic E-state index is -0.472. The van der Waals surface area contributed by atoms with Crippen molar-refractivity contribution in [1.82, 2.24) is 10.2 Å². The summed E-state index contributed by atoms with van der Waals surface area (Å²) in [6.07, 6.45) is -0.0742. The topological polar surface area (TPSA) is 129 Å². The van der Waals surface area contributed by atoms with E-state index in [2.05, 4.69) is 5.32 Å². The molecule has 10 heteroatoms. The maximum atomic E-state index is 12.2. The highest BCUT2D eigenvalue weighted by Gasteiger charge is 2.14. The number of nitrogens with one attached hydrogen (secondary N) is 1. The lowest BCUT2D eigenvalue weighted by Crippen LogP contribution is -2.41. The third-order valence-electron chi connectivity index (χ3n) is 4.17. The first-order chi connectivity index (χ1) is 15.6. The van der Waals surface area contributed by atoms with Gasteiger partial charge in [0.25, 0.3) is 0 Å². The summed E-state index contributed by atoms with van der Waals surface area (Å²) in [5.74, 6) is -0.474. The highest BCUT2D eigenvalue weighted by molar-refractivity contribution is 5.76. The minimum absolute atomic E-state index is 0.178. The molecule has 0 spiro atoms. The first kappa shape index (κ1) is 27.3. The summed E-state index contributed by atoms with van der Waals surface area (Å²) in [4.78, 5) is 36.8. The Kier molecular flexibility index (Phi) is 15.3. The molecular weight excluding hydrogens is 418 g/mol. The molecule has 1 aromatic rings. The third kappa shape index (κ3) is 13.6. The van der Waals surface area contributed by atoms with Crippen molar-refractivity contribution in [3.05, 3.63) is 35.9 Å². The van der Waals surface area contributed by atoms with E-state index >= 15 is 0 Å². The van der Waals surface area contributed by atoms with E-state index in [0.717, 1.165) is 5.56 Å². The van der Waals surface area contributed by atoms with Crippen molar-refractivity contribution in [1.29, 1.82) is 0 Å². The zero-order chi connectivity index (χ0) is 23.4. The molecule has 0 unspecified atom stereocenters. The van der Waals surface area contributed by atoms with E-state index in [0.29, 0.717) is 39.5 Å². The summed E-state index contributed by atoms with van der Waals surface area (Å²) >= 11 is 0. The number of carbonyl (C=O) groups excluding carboxylic acids is 3. The summed E-state index contributed by atoms with van der Waals surface area (Å²) in [6.45, 7) is 4.68. The fourth-order valence-electron chi connectivity index (χ4n) is 2.55. The van der Waals surface area contributed by atoms with Gasteiger partial charge in [-0.25, -0.2) is 4.79 Å². The van der Waals surface area contributed by atoms with Crippen LogP contribution in [0.25, 0.3) is 0 Å². The van der Waals surface area contributed by atoms with Gasteiger partial charge in [0.15, 0.2) is 0 Å². The van der Waals surface area contributed by atoms with E-state index in [1.54, 1.807) is 6.92 Å². The van der Waals surface area contributed by atoms with Crippen LogP contribution in [0.3, 0.4) is 0 Å². The number of carbonyl (C=O) groups is 3. The molecule has 0 radical (unpaired) electrons. The van der Waals surface area contributed by atoms with Crippen molar-refractivity contribution in [3.63, 3.8) is 0 Å². The molecule has 0 atom stereocenters. The molecule has 0 bridgehead atoms. The summed E-state index contributed by atoms with van der Waals surface area (Å²) in [5, 5.41) is 2.74. The van der Waals surface area contributed by atoms with Crippen LogP contribution in [0.5, 0.6) is 0 Å². The molecule has 0 fully saturated rings. The molecule has 1 aromatic carbocycles. The van der Waals surface area contributed by atoms with Gasteiger partial charge in [-0.2, -0.15) is 0 Å². The van der Waals surface area contributed by atoms with Crippen LogP contribution in [0, 0.1) is 0 Å².